The van der Waals surface area contributed by atoms with Crippen molar-refractivity contribution in [2.45, 2.75) is 52.0 Å². The van der Waals surface area contributed by atoms with E-state index in [9.17, 15) is 9.18 Å². The molecule has 0 aliphatic carbocycles. The standard InChI is InChI=1S/C19H24FN3O/c1-12(15-6-8-16(20)9-7-15)11-18(24)23-10-4-5-17(23)19-13(2)21-22-14(19)3/h6-9,12,17H,4-5,10-11H2,1-3H3,(H,21,22). The van der Waals surface area contributed by atoms with Crippen LogP contribution in [-0.4, -0.2) is 27.5 Å². The van der Waals surface area contributed by atoms with Crippen LogP contribution in [0.25, 0.3) is 0 Å². The second-order valence-corrected chi connectivity index (χ2v) is 6.75. The van der Waals surface area contributed by atoms with Gasteiger partial charge in [0.2, 0.25) is 5.91 Å². The van der Waals surface area contributed by atoms with E-state index in [0.29, 0.717) is 6.42 Å². The van der Waals surface area contributed by atoms with Crippen molar-refractivity contribution >= 4 is 5.91 Å². The molecule has 128 valence electrons. The normalized spacial score (nSPS) is 18.8. The van der Waals surface area contributed by atoms with Gasteiger partial charge < -0.3 is 4.90 Å². The highest BCUT2D eigenvalue weighted by Gasteiger charge is 2.33. The summed E-state index contributed by atoms with van der Waals surface area (Å²) in [5, 5.41) is 7.29. The van der Waals surface area contributed by atoms with Gasteiger partial charge in [-0.2, -0.15) is 5.10 Å². The molecular formula is C19H24FN3O. The largest absolute Gasteiger partial charge is 0.336 e. The van der Waals surface area contributed by atoms with Crippen molar-refractivity contribution in [1.29, 1.82) is 0 Å². The molecule has 0 saturated carbocycles. The van der Waals surface area contributed by atoms with Crippen molar-refractivity contribution in [3.63, 3.8) is 0 Å². The van der Waals surface area contributed by atoms with Crippen molar-refractivity contribution in [2.75, 3.05) is 6.54 Å². The van der Waals surface area contributed by atoms with Gasteiger partial charge in [-0.05, 0) is 50.3 Å². The van der Waals surface area contributed by atoms with Gasteiger partial charge in [0, 0.05) is 24.2 Å². The number of aromatic amines is 1. The van der Waals surface area contributed by atoms with E-state index >= 15 is 0 Å². The molecule has 4 nitrogen and oxygen atoms in total. The summed E-state index contributed by atoms with van der Waals surface area (Å²) in [6.45, 7) is 6.81. The Morgan fingerprint density at radius 2 is 2.08 bits per heavy atom. The van der Waals surface area contributed by atoms with Gasteiger partial charge >= 0.3 is 0 Å². The third kappa shape index (κ3) is 3.21. The van der Waals surface area contributed by atoms with Gasteiger partial charge in [-0.15, -0.1) is 0 Å². The van der Waals surface area contributed by atoms with Crippen molar-refractivity contribution in [3.8, 4) is 0 Å². The lowest BCUT2D eigenvalue weighted by molar-refractivity contribution is -0.132. The lowest BCUT2D eigenvalue weighted by Gasteiger charge is -2.26. The number of likely N-dealkylation sites (tertiary alicyclic amines) is 1. The molecule has 0 bridgehead atoms. The summed E-state index contributed by atoms with van der Waals surface area (Å²) in [6, 6.07) is 6.55. The first-order valence-electron chi connectivity index (χ1n) is 8.53. The molecule has 0 radical (unpaired) electrons. The number of carbonyl (C=O) groups is 1. The zero-order valence-corrected chi connectivity index (χ0v) is 14.5. The highest BCUT2D eigenvalue weighted by atomic mass is 19.1. The Morgan fingerprint density at radius 1 is 1.38 bits per heavy atom. The van der Waals surface area contributed by atoms with E-state index in [0.717, 1.165) is 41.9 Å². The Bertz CT molecular complexity index is 703. The summed E-state index contributed by atoms with van der Waals surface area (Å²) in [6.07, 6.45) is 2.45. The molecule has 1 saturated heterocycles. The number of nitrogens with zero attached hydrogens (tertiary/aromatic N) is 2. The van der Waals surface area contributed by atoms with E-state index in [-0.39, 0.29) is 23.7 Å². The van der Waals surface area contributed by atoms with Gasteiger partial charge in [0.25, 0.3) is 0 Å². The van der Waals surface area contributed by atoms with Gasteiger partial charge in [-0.1, -0.05) is 19.1 Å². The SMILES string of the molecule is Cc1n[nH]c(C)c1C1CCCN1C(=O)CC(C)c1ccc(F)cc1. The number of amides is 1. The number of H-pyrrole nitrogens is 1. The first kappa shape index (κ1) is 16.7. The van der Waals surface area contributed by atoms with E-state index < -0.39 is 0 Å². The van der Waals surface area contributed by atoms with E-state index in [4.69, 9.17) is 0 Å². The van der Waals surface area contributed by atoms with Crippen LogP contribution >= 0.6 is 0 Å². The molecule has 1 fully saturated rings. The average molecular weight is 329 g/mol. The van der Waals surface area contributed by atoms with Gasteiger partial charge in [-0.3, -0.25) is 9.89 Å². The van der Waals surface area contributed by atoms with E-state index in [1.165, 1.54) is 12.1 Å². The molecule has 1 aliphatic heterocycles. The summed E-state index contributed by atoms with van der Waals surface area (Å²) in [5.74, 6) is -0.0111. The third-order valence-electron chi connectivity index (χ3n) is 5.01. The summed E-state index contributed by atoms with van der Waals surface area (Å²) in [5.41, 5.74) is 4.18. The zero-order chi connectivity index (χ0) is 17.3. The summed E-state index contributed by atoms with van der Waals surface area (Å²) in [7, 11) is 0. The Kier molecular flexibility index (Phi) is 4.69. The maximum Gasteiger partial charge on any atom is 0.223 e. The molecule has 2 aromatic rings. The maximum absolute atomic E-state index is 13.1. The molecule has 5 heteroatoms. The minimum Gasteiger partial charge on any atom is -0.336 e. The predicted molar refractivity (Wildman–Crippen MR) is 91.2 cm³/mol. The summed E-state index contributed by atoms with van der Waals surface area (Å²) >= 11 is 0. The Balaban J connectivity index is 1.73. The molecule has 3 rings (SSSR count). The quantitative estimate of drug-likeness (QED) is 0.921. The van der Waals surface area contributed by atoms with Crippen molar-refractivity contribution in [3.05, 3.63) is 52.6 Å². The highest BCUT2D eigenvalue weighted by Crippen LogP contribution is 2.36. The van der Waals surface area contributed by atoms with Crippen LogP contribution in [0.15, 0.2) is 24.3 Å². The van der Waals surface area contributed by atoms with Crippen LogP contribution in [-0.2, 0) is 4.79 Å². The topological polar surface area (TPSA) is 49.0 Å². The van der Waals surface area contributed by atoms with Gasteiger partial charge in [-0.25, -0.2) is 4.39 Å². The van der Waals surface area contributed by atoms with Crippen molar-refractivity contribution in [2.24, 2.45) is 0 Å². The second-order valence-electron chi connectivity index (χ2n) is 6.75. The van der Waals surface area contributed by atoms with Crippen LogP contribution in [0, 0.1) is 19.7 Å². The molecule has 2 atom stereocenters. The number of halogens is 1. The highest BCUT2D eigenvalue weighted by molar-refractivity contribution is 5.78. The molecule has 2 heterocycles. The molecule has 1 aromatic heterocycles. The lowest BCUT2D eigenvalue weighted by Crippen LogP contribution is -2.31. The number of aromatic nitrogens is 2. The minimum atomic E-state index is -0.247. The zero-order valence-electron chi connectivity index (χ0n) is 14.5. The van der Waals surface area contributed by atoms with Crippen LogP contribution in [0.3, 0.4) is 0 Å². The minimum absolute atomic E-state index is 0.0749. The fourth-order valence-corrected chi connectivity index (χ4v) is 3.70. The number of hydrogen-bond donors (Lipinski definition) is 1. The predicted octanol–water partition coefficient (Wildman–Crippen LogP) is 4.02. The monoisotopic (exact) mass is 329 g/mol. The average Bonchev–Trinajstić information content (AvgIpc) is 3.14. The molecule has 0 spiro atoms. The van der Waals surface area contributed by atoms with E-state index in [1.807, 2.05) is 25.7 Å². The lowest BCUT2D eigenvalue weighted by atomic mass is 9.96. The molecule has 1 aliphatic rings. The molecule has 24 heavy (non-hydrogen) atoms. The van der Waals surface area contributed by atoms with Crippen LogP contribution in [0.4, 0.5) is 4.39 Å². The number of nitrogens with one attached hydrogen (secondary N) is 1. The van der Waals surface area contributed by atoms with Gasteiger partial charge in [0.1, 0.15) is 5.82 Å². The number of rotatable bonds is 4. The first-order chi connectivity index (χ1) is 11.5. The summed E-state index contributed by atoms with van der Waals surface area (Å²) in [4.78, 5) is 14.8. The van der Waals surface area contributed by atoms with Crippen LogP contribution in [0.2, 0.25) is 0 Å². The van der Waals surface area contributed by atoms with Crippen molar-refractivity contribution < 1.29 is 9.18 Å². The number of hydrogen-bond acceptors (Lipinski definition) is 2. The van der Waals surface area contributed by atoms with Crippen LogP contribution in [0.1, 0.15) is 60.7 Å². The summed E-state index contributed by atoms with van der Waals surface area (Å²) < 4.78 is 13.1. The van der Waals surface area contributed by atoms with Gasteiger partial charge in [0.15, 0.2) is 0 Å². The molecule has 1 N–H and O–H groups in total. The third-order valence-corrected chi connectivity index (χ3v) is 5.01. The number of aryl methyl sites for hydroxylation is 2. The van der Waals surface area contributed by atoms with E-state index in [1.54, 1.807) is 12.1 Å². The fourth-order valence-electron chi connectivity index (χ4n) is 3.70. The Labute approximate surface area is 142 Å². The Hall–Kier alpha value is -2.17. The molecule has 2 unspecified atom stereocenters. The fraction of sp³-hybridized carbons (Fsp3) is 0.474. The number of benzene rings is 1. The first-order valence-corrected chi connectivity index (χ1v) is 8.53. The van der Waals surface area contributed by atoms with Crippen molar-refractivity contribution in [1.82, 2.24) is 15.1 Å². The van der Waals surface area contributed by atoms with E-state index in [2.05, 4.69) is 10.2 Å². The van der Waals surface area contributed by atoms with Crippen LogP contribution in [0.5, 0.6) is 0 Å². The number of carbonyl (C=O) groups excluding carboxylic acids is 1. The molecular weight excluding hydrogens is 305 g/mol. The second kappa shape index (κ2) is 6.75. The molecule has 1 aromatic carbocycles. The maximum atomic E-state index is 13.1. The Morgan fingerprint density at radius 3 is 2.71 bits per heavy atom. The van der Waals surface area contributed by atoms with Crippen LogP contribution < -0.4 is 0 Å². The smallest absolute Gasteiger partial charge is 0.223 e. The van der Waals surface area contributed by atoms with Gasteiger partial charge in [0.05, 0.1) is 11.7 Å². The molecule has 1 amide bonds.